The van der Waals surface area contributed by atoms with Crippen molar-refractivity contribution in [2.45, 2.75) is 18.4 Å². The molecule has 4 rings (SSSR count). The van der Waals surface area contributed by atoms with Crippen LogP contribution in [0.15, 0.2) is 47.0 Å². The number of hydrogen-bond donors (Lipinski definition) is 1. The Bertz CT molecular complexity index is 1170. The van der Waals surface area contributed by atoms with Gasteiger partial charge in [0.15, 0.2) is 0 Å². The van der Waals surface area contributed by atoms with Gasteiger partial charge in [-0.1, -0.05) is 35.5 Å². The maximum atomic E-state index is 12.8. The van der Waals surface area contributed by atoms with Gasteiger partial charge in [-0.15, -0.1) is 0 Å². The number of esters is 1. The molecule has 0 aliphatic carbocycles. The van der Waals surface area contributed by atoms with Gasteiger partial charge in [0.25, 0.3) is 0 Å². The van der Waals surface area contributed by atoms with Crippen LogP contribution in [0.3, 0.4) is 0 Å². The minimum Gasteiger partial charge on any atom is -0.400 e. The molecule has 0 radical (unpaired) electrons. The number of hydrogen-bond acceptors (Lipinski definition) is 8. The zero-order valence-electron chi connectivity index (χ0n) is 17.0. The molecule has 8 nitrogen and oxygen atoms in total. The Morgan fingerprint density at radius 2 is 1.79 bits per heavy atom. The van der Waals surface area contributed by atoms with Gasteiger partial charge in [0.2, 0.25) is 11.7 Å². The van der Waals surface area contributed by atoms with Crippen LogP contribution in [0.4, 0.5) is 32.2 Å². The van der Waals surface area contributed by atoms with Crippen molar-refractivity contribution in [3.8, 4) is 17.3 Å². The van der Waals surface area contributed by atoms with E-state index in [1.165, 1.54) is 6.07 Å². The van der Waals surface area contributed by atoms with Gasteiger partial charge in [0.05, 0.1) is 11.6 Å². The first kappa shape index (κ1) is 23.5. The van der Waals surface area contributed by atoms with E-state index in [1.807, 2.05) is 30.3 Å². The molecule has 0 unspecified atom stereocenters. The summed E-state index contributed by atoms with van der Waals surface area (Å²) in [5.74, 6) is -5.82. The topological polar surface area (TPSA) is 93.4 Å². The third kappa shape index (κ3) is 4.95. The van der Waals surface area contributed by atoms with Crippen LogP contribution < -0.4 is 15.0 Å². The van der Waals surface area contributed by atoms with E-state index in [2.05, 4.69) is 29.7 Å². The van der Waals surface area contributed by atoms with Crippen molar-refractivity contribution in [1.29, 1.82) is 0 Å². The first-order chi connectivity index (χ1) is 16.0. The van der Waals surface area contributed by atoms with Gasteiger partial charge in [-0.25, -0.2) is 4.79 Å². The lowest BCUT2D eigenvalue weighted by Gasteiger charge is -2.37. The van der Waals surface area contributed by atoms with E-state index in [9.17, 15) is 31.1 Å². The van der Waals surface area contributed by atoms with Crippen LogP contribution in [0.2, 0.25) is 0 Å². The first-order valence-corrected chi connectivity index (χ1v) is 9.77. The second-order valence-electron chi connectivity index (χ2n) is 7.15. The number of piperazine rings is 1. The number of halogens is 6. The summed E-state index contributed by atoms with van der Waals surface area (Å²) in [5.41, 5.74) is 0.411. The van der Waals surface area contributed by atoms with Gasteiger partial charge in [-0.3, -0.25) is 0 Å². The largest absolute Gasteiger partial charge is 0.491 e. The average molecular weight is 487 g/mol. The van der Waals surface area contributed by atoms with Crippen molar-refractivity contribution < 1.29 is 40.4 Å². The summed E-state index contributed by atoms with van der Waals surface area (Å²) < 4.78 is 85.6. The molecule has 1 atom stereocenters. The molecule has 0 bridgehead atoms. The van der Waals surface area contributed by atoms with Crippen LogP contribution in [0.5, 0.6) is 5.88 Å². The minimum absolute atomic E-state index is 0.142. The van der Waals surface area contributed by atoms with Gasteiger partial charge in [0.1, 0.15) is 5.82 Å². The summed E-state index contributed by atoms with van der Waals surface area (Å²) in [6.45, 7) is 1.42. The third-order valence-corrected chi connectivity index (χ3v) is 4.90. The molecule has 3 aromatic rings. The summed E-state index contributed by atoms with van der Waals surface area (Å²) in [6, 6.07) is 11.4. The summed E-state index contributed by atoms with van der Waals surface area (Å²) in [6.07, 6.45) is -10.4. The Morgan fingerprint density at radius 1 is 1.06 bits per heavy atom. The number of rotatable bonds is 4. The van der Waals surface area contributed by atoms with Gasteiger partial charge >= 0.3 is 24.2 Å². The zero-order valence-corrected chi connectivity index (χ0v) is 17.0. The van der Waals surface area contributed by atoms with Crippen molar-refractivity contribution in [1.82, 2.24) is 20.4 Å². The van der Waals surface area contributed by atoms with E-state index in [-0.39, 0.29) is 11.9 Å². The van der Waals surface area contributed by atoms with E-state index in [0.29, 0.717) is 19.6 Å². The second-order valence-corrected chi connectivity index (χ2v) is 7.15. The quantitative estimate of drug-likeness (QED) is 0.439. The number of nitrogens with one attached hydrogen (secondary N) is 1. The Labute approximate surface area is 187 Å². The zero-order chi connectivity index (χ0) is 24.5. The molecule has 1 saturated heterocycles. The predicted molar refractivity (Wildman–Crippen MR) is 104 cm³/mol. The molecule has 2 aromatic heterocycles. The molecule has 1 aliphatic rings. The van der Waals surface area contributed by atoms with Crippen molar-refractivity contribution in [2.24, 2.45) is 0 Å². The molecule has 1 aromatic carbocycles. The molecule has 0 spiro atoms. The van der Waals surface area contributed by atoms with Gasteiger partial charge in [-0.2, -0.15) is 36.3 Å². The van der Waals surface area contributed by atoms with Crippen molar-refractivity contribution in [2.75, 3.05) is 24.5 Å². The first-order valence-electron chi connectivity index (χ1n) is 9.77. The fourth-order valence-corrected chi connectivity index (χ4v) is 3.38. The molecule has 0 saturated carbocycles. The number of pyridine rings is 1. The molecule has 180 valence electrons. The highest BCUT2D eigenvalue weighted by molar-refractivity contribution is 5.80. The molecule has 1 aliphatic heterocycles. The van der Waals surface area contributed by atoms with E-state index < -0.39 is 41.5 Å². The summed E-state index contributed by atoms with van der Waals surface area (Å²) in [7, 11) is 0. The number of benzene rings is 1. The van der Waals surface area contributed by atoms with Crippen LogP contribution in [-0.2, 0) is 11.0 Å². The molecule has 14 heteroatoms. The lowest BCUT2D eigenvalue weighted by atomic mass is 10.0. The summed E-state index contributed by atoms with van der Waals surface area (Å²) in [4.78, 5) is 20.4. The Morgan fingerprint density at radius 3 is 2.44 bits per heavy atom. The van der Waals surface area contributed by atoms with E-state index >= 15 is 0 Å². The molecule has 1 N–H and O–H groups in total. The normalized spacial score (nSPS) is 17.0. The highest BCUT2D eigenvalue weighted by Crippen LogP contribution is 2.36. The molecular formula is C20H15F6N5O3. The maximum absolute atomic E-state index is 12.8. The number of alkyl halides is 6. The molecule has 34 heavy (non-hydrogen) atoms. The van der Waals surface area contributed by atoms with Crippen LogP contribution in [0.25, 0.3) is 11.4 Å². The number of carbonyl (C=O) groups excluding carboxylic acids is 1. The number of anilines is 1. The molecule has 1 fully saturated rings. The van der Waals surface area contributed by atoms with Crippen LogP contribution in [-0.4, -0.2) is 46.9 Å². The van der Waals surface area contributed by atoms with Crippen molar-refractivity contribution in [3.05, 3.63) is 53.9 Å². The number of carbonyl (C=O) groups is 1. The summed E-state index contributed by atoms with van der Waals surface area (Å²) in [5, 5.41) is 6.36. The van der Waals surface area contributed by atoms with Gasteiger partial charge < -0.3 is 19.5 Å². The average Bonchev–Trinajstić information content (AvgIpc) is 3.30. The van der Waals surface area contributed by atoms with E-state index in [1.54, 1.807) is 4.90 Å². The van der Waals surface area contributed by atoms with Crippen molar-refractivity contribution >= 4 is 11.8 Å². The number of ether oxygens (including phenoxy) is 1. The standard InChI is InChI=1S/C20H15F6N5O3/c21-19(22,23)17-29-15(30-34-17)12-6-7-14(28-16(12)33-18(32)20(24,25)26)31-9-8-27-10-13(31)11-4-2-1-3-5-11/h1-7,13,27H,8-10H2/t13-/m1/s1. The lowest BCUT2D eigenvalue weighted by Crippen LogP contribution is -2.46. The third-order valence-electron chi connectivity index (χ3n) is 4.90. The Kier molecular flexibility index (Phi) is 6.17. The van der Waals surface area contributed by atoms with Crippen LogP contribution in [0.1, 0.15) is 17.5 Å². The summed E-state index contributed by atoms with van der Waals surface area (Å²) >= 11 is 0. The molecule has 0 amide bonds. The molecule has 3 heterocycles. The lowest BCUT2D eigenvalue weighted by molar-refractivity contribution is -0.189. The number of aromatic nitrogens is 3. The van der Waals surface area contributed by atoms with Crippen molar-refractivity contribution in [3.63, 3.8) is 0 Å². The van der Waals surface area contributed by atoms with E-state index in [0.717, 1.165) is 11.6 Å². The monoisotopic (exact) mass is 487 g/mol. The maximum Gasteiger partial charge on any atom is 0.491 e. The molecular weight excluding hydrogens is 472 g/mol. The predicted octanol–water partition coefficient (Wildman–Crippen LogP) is 3.77. The second kappa shape index (κ2) is 8.93. The smallest absolute Gasteiger partial charge is 0.400 e. The van der Waals surface area contributed by atoms with Gasteiger partial charge in [-0.05, 0) is 17.7 Å². The Balaban J connectivity index is 1.75. The fraction of sp³-hybridized carbons (Fsp3) is 0.300. The Hall–Kier alpha value is -3.68. The minimum atomic E-state index is -5.37. The van der Waals surface area contributed by atoms with Gasteiger partial charge in [0, 0.05) is 19.6 Å². The SMILES string of the molecule is O=C(Oc1nc(N2CCNC[C@@H]2c2ccccc2)ccc1-c1noc(C(F)(F)F)n1)C(F)(F)F. The highest BCUT2D eigenvalue weighted by Gasteiger charge is 2.43. The van der Waals surface area contributed by atoms with Crippen LogP contribution >= 0.6 is 0 Å². The number of nitrogens with zero attached hydrogens (tertiary/aromatic N) is 4. The highest BCUT2D eigenvalue weighted by atomic mass is 19.4. The van der Waals surface area contributed by atoms with E-state index in [4.69, 9.17) is 0 Å². The fourth-order valence-electron chi connectivity index (χ4n) is 3.38. The van der Waals surface area contributed by atoms with Crippen LogP contribution in [0, 0.1) is 0 Å².